The summed E-state index contributed by atoms with van der Waals surface area (Å²) < 4.78 is 21.7. The minimum atomic E-state index is -4.37. The third-order valence-electron chi connectivity index (χ3n) is 4.18. The van der Waals surface area contributed by atoms with Crippen LogP contribution in [-0.4, -0.2) is 78.5 Å². The average molecular weight is 412 g/mol. The number of rotatable bonds is 17. The molecule has 0 aliphatic carbocycles. The summed E-state index contributed by atoms with van der Waals surface area (Å²) in [7, 11) is 1.34. The van der Waals surface area contributed by atoms with Gasteiger partial charge in [-0.15, -0.1) is 0 Å². The van der Waals surface area contributed by atoms with E-state index in [9.17, 15) is 24.5 Å². The van der Waals surface area contributed by atoms with Crippen molar-refractivity contribution in [2.24, 2.45) is 0 Å². The number of phosphoric acid groups is 1. The number of carbonyl (C=O) groups excluding carboxylic acids is 1. The van der Waals surface area contributed by atoms with Crippen LogP contribution in [-0.2, 0) is 18.4 Å². The van der Waals surface area contributed by atoms with Gasteiger partial charge in [-0.05, 0) is 6.42 Å². The van der Waals surface area contributed by atoms with Gasteiger partial charge in [-0.3, -0.25) is 13.8 Å². The minimum absolute atomic E-state index is 0.00506. The minimum Gasteiger partial charge on any atom is -0.390 e. The van der Waals surface area contributed by atoms with Crippen molar-refractivity contribution < 1.29 is 38.0 Å². The van der Waals surface area contributed by atoms with E-state index in [1.54, 1.807) is 0 Å². The molecule has 0 saturated carbocycles. The van der Waals surface area contributed by atoms with E-state index in [1.165, 1.54) is 19.3 Å². The maximum absolute atomic E-state index is 11.8. The zero-order chi connectivity index (χ0) is 20.9. The maximum Gasteiger partial charge on any atom is 0.472 e. The molecule has 0 aromatic heterocycles. The van der Waals surface area contributed by atoms with E-state index in [1.807, 2.05) is 21.1 Å². The standard InChI is InChI=1S/C18H38NO7P/c1-5-6-7-8-9-10-11-12-16(20)18(22)17(21)15-26-27(23,24)25-14-13-19(2,3)4/h16,18,20,22H,5-15H2,1-4H3/p+1. The Labute approximate surface area is 163 Å². The summed E-state index contributed by atoms with van der Waals surface area (Å²) in [5.41, 5.74) is 0. The largest absolute Gasteiger partial charge is 0.472 e. The molecular weight excluding hydrogens is 373 g/mol. The second-order valence-electron chi connectivity index (χ2n) is 7.98. The van der Waals surface area contributed by atoms with E-state index >= 15 is 0 Å². The summed E-state index contributed by atoms with van der Waals surface area (Å²) >= 11 is 0. The first-order valence-corrected chi connectivity index (χ1v) is 11.3. The van der Waals surface area contributed by atoms with Gasteiger partial charge in [0.2, 0.25) is 0 Å². The van der Waals surface area contributed by atoms with E-state index in [-0.39, 0.29) is 6.61 Å². The molecule has 0 fully saturated rings. The molecule has 0 amide bonds. The Bertz CT molecular complexity index is 453. The number of hydrogen-bond donors (Lipinski definition) is 3. The third-order valence-corrected chi connectivity index (χ3v) is 5.15. The Balaban J connectivity index is 4.02. The molecule has 3 atom stereocenters. The third kappa shape index (κ3) is 15.3. The Morgan fingerprint density at radius 1 is 1.00 bits per heavy atom. The number of aliphatic hydroxyl groups excluding tert-OH is 2. The average Bonchev–Trinajstić information content (AvgIpc) is 2.56. The Kier molecular flexibility index (Phi) is 13.6. The molecule has 0 aliphatic heterocycles. The van der Waals surface area contributed by atoms with Crippen molar-refractivity contribution in [3.05, 3.63) is 0 Å². The van der Waals surface area contributed by atoms with Crippen molar-refractivity contribution in [3.8, 4) is 0 Å². The molecule has 0 saturated heterocycles. The van der Waals surface area contributed by atoms with Gasteiger partial charge < -0.3 is 19.6 Å². The Hall–Kier alpha value is -0.340. The fourth-order valence-electron chi connectivity index (χ4n) is 2.38. The molecule has 162 valence electrons. The van der Waals surface area contributed by atoms with E-state index in [2.05, 4.69) is 11.4 Å². The summed E-state index contributed by atoms with van der Waals surface area (Å²) in [6.07, 6.45) is 4.96. The molecule has 0 bridgehead atoms. The molecule has 8 nitrogen and oxygen atoms in total. The van der Waals surface area contributed by atoms with Crippen LogP contribution in [0, 0.1) is 0 Å². The smallest absolute Gasteiger partial charge is 0.390 e. The number of hydrogen-bond acceptors (Lipinski definition) is 6. The normalized spacial score (nSPS) is 16.7. The van der Waals surface area contributed by atoms with Crippen LogP contribution in [0.5, 0.6) is 0 Å². The van der Waals surface area contributed by atoms with Crippen LogP contribution in [0.1, 0.15) is 58.3 Å². The highest BCUT2D eigenvalue weighted by molar-refractivity contribution is 7.47. The number of likely N-dealkylation sites (N-methyl/N-ethyl adjacent to an activating group) is 1. The van der Waals surface area contributed by atoms with Gasteiger partial charge in [-0.25, -0.2) is 4.57 Å². The van der Waals surface area contributed by atoms with Gasteiger partial charge in [0.1, 0.15) is 25.9 Å². The van der Waals surface area contributed by atoms with Crippen molar-refractivity contribution in [1.29, 1.82) is 0 Å². The molecule has 0 radical (unpaired) electrons. The fourth-order valence-corrected chi connectivity index (χ4v) is 3.06. The first-order valence-electron chi connectivity index (χ1n) is 9.79. The van der Waals surface area contributed by atoms with Crippen LogP contribution in [0.4, 0.5) is 0 Å². The predicted octanol–water partition coefficient (Wildman–Crippen LogP) is 2.26. The van der Waals surface area contributed by atoms with Gasteiger partial charge in [0.25, 0.3) is 0 Å². The number of Topliss-reactive ketones (excluding diaryl/α,β-unsaturated/α-hetero) is 1. The second-order valence-corrected chi connectivity index (χ2v) is 9.43. The number of phosphoric ester groups is 1. The predicted molar refractivity (Wildman–Crippen MR) is 104 cm³/mol. The molecule has 0 heterocycles. The zero-order valence-electron chi connectivity index (χ0n) is 17.3. The lowest BCUT2D eigenvalue weighted by molar-refractivity contribution is -0.870. The SMILES string of the molecule is CCCCCCCCCC(O)C(O)C(=O)COP(=O)(O)OCC[N+](C)(C)C. The van der Waals surface area contributed by atoms with Gasteiger partial charge in [0.05, 0.1) is 27.2 Å². The Morgan fingerprint density at radius 3 is 2.11 bits per heavy atom. The summed E-state index contributed by atoms with van der Waals surface area (Å²) in [4.78, 5) is 21.4. The highest BCUT2D eigenvalue weighted by atomic mass is 31.2. The van der Waals surface area contributed by atoms with E-state index in [0.717, 1.165) is 19.3 Å². The maximum atomic E-state index is 11.8. The monoisotopic (exact) mass is 412 g/mol. The molecule has 0 spiro atoms. The molecule has 0 aromatic carbocycles. The molecule has 0 rings (SSSR count). The number of ketones is 1. The summed E-state index contributed by atoms with van der Waals surface area (Å²) in [5.74, 6) is -0.838. The fraction of sp³-hybridized carbons (Fsp3) is 0.944. The van der Waals surface area contributed by atoms with Gasteiger partial charge in [0.15, 0.2) is 5.78 Å². The van der Waals surface area contributed by atoms with Crippen LogP contribution >= 0.6 is 7.82 Å². The van der Waals surface area contributed by atoms with E-state index < -0.39 is 32.4 Å². The number of aliphatic hydroxyl groups is 2. The summed E-state index contributed by atoms with van der Waals surface area (Å²) in [6.45, 7) is 1.86. The summed E-state index contributed by atoms with van der Waals surface area (Å²) in [6, 6.07) is 0. The zero-order valence-corrected chi connectivity index (χ0v) is 18.2. The first-order chi connectivity index (χ1) is 12.5. The molecule has 3 N–H and O–H groups in total. The number of quaternary nitrogens is 1. The lowest BCUT2D eigenvalue weighted by Gasteiger charge is -2.24. The quantitative estimate of drug-likeness (QED) is 0.191. The van der Waals surface area contributed by atoms with Crippen LogP contribution in [0.3, 0.4) is 0 Å². The van der Waals surface area contributed by atoms with E-state index in [4.69, 9.17) is 4.52 Å². The van der Waals surface area contributed by atoms with Gasteiger partial charge in [-0.2, -0.15) is 0 Å². The first kappa shape index (κ1) is 26.7. The molecule has 9 heteroatoms. The lowest BCUT2D eigenvalue weighted by atomic mass is 10.0. The number of nitrogens with zero attached hydrogens (tertiary/aromatic N) is 1. The van der Waals surface area contributed by atoms with Crippen molar-refractivity contribution in [1.82, 2.24) is 0 Å². The van der Waals surface area contributed by atoms with Crippen LogP contribution < -0.4 is 0 Å². The molecule has 0 aliphatic rings. The molecule has 3 unspecified atom stereocenters. The van der Waals surface area contributed by atoms with Crippen molar-refractivity contribution in [2.75, 3.05) is 40.9 Å². The number of carbonyl (C=O) groups is 1. The van der Waals surface area contributed by atoms with Crippen molar-refractivity contribution in [3.63, 3.8) is 0 Å². The second kappa shape index (κ2) is 13.8. The van der Waals surface area contributed by atoms with Crippen LogP contribution in [0.2, 0.25) is 0 Å². The highest BCUT2D eigenvalue weighted by Gasteiger charge is 2.28. The van der Waals surface area contributed by atoms with Crippen molar-refractivity contribution >= 4 is 13.6 Å². The van der Waals surface area contributed by atoms with Crippen LogP contribution in [0.15, 0.2) is 0 Å². The molecule has 0 aromatic rings. The Morgan fingerprint density at radius 2 is 1.56 bits per heavy atom. The molecule has 27 heavy (non-hydrogen) atoms. The lowest BCUT2D eigenvalue weighted by Crippen LogP contribution is -2.37. The highest BCUT2D eigenvalue weighted by Crippen LogP contribution is 2.42. The van der Waals surface area contributed by atoms with Gasteiger partial charge >= 0.3 is 7.82 Å². The number of unbranched alkanes of at least 4 members (excludes halogenated alkanes) is 6. The summed E-state index contributed by atoms with van der Waals surface area (Å²) in [5, 5.41) is 19.7. The molecular formula is C18H39NO7P+. The van der Waals surface area contributed by atoms with Crippen LogP contribution in [0.25, 0.3) is 0 Å². The van der Waals surface area contributed by atoms with E-state index in [0.29, 0.717) is 23.9 Å². The van der Waals surface area contributed by atoms with Crippen molar-refractivity contribution in [2.45, 2.75) is 70.5 Å². The topological polar surface area (TPSA) is 113 Å². The van der Waals surface area contributed by atoms with Gasteiger partial charge in [0, 0.05) is 0 Å². The van der Waals surface area contributed by atoms with Gasteiger partial charge in [-0.1, -0.05) is 51.9 Å².